The van der Waals surface area contributed by atoms with Crippen LogP contribution in [0.3, 0.4) is 0 Å². The Morgan fingerprint density at radius 3 is 2.90 bits per heavy atom. The van der Waals surface area contributed by atoms with Gasteiger partial charge in [0.2, 0.25) is 0 Å². The summed E-state index contributed by atoms with van der Waals surface area (Å²) in [6, 6.07) is 10.8. The first kappa shape index (κ1) is 14.0. The van der Waals surface area contributed by atoms with E-state index in [2.05, 4.69) is 4.98 Å². The summed E-state index contributed by atoms with van der Waals surface area (Å²) in [6.07, 6.45) is 2.53. The number of rotatable bonds is 3. The van der Waals surface area contributed by atoms with Crippen LogP contribution in [0, 0.1) is 5.82 Å². The first-order chi connectivity index (χ1) is 10.1. The molecule has 0 amide bonds. The molecule has 0 spiro atoms. The largest absolute Gasteiger partial charge is 0.493 e. The molecule has 0 saturated heterocycles. The van der Waals surface area contributed by atoms with E-state index in [0.717, 1.165) is 23.9 Å². The summed E-state index contributed by atoms with van der Waals surface area (Å²) in [5.41, 5.74) is 0.516. The summed E-state index contributed by atoms with van der Waals surface area (Å²) in [5, 5.41) is 10.7. The number of nitrogens with zero attached hydrogens (tertiary/aromatic N) is 1. The fourth-order valence-electron chi connectivity index (χ4n) is 2.91. The number of halogens is 1. The Morgan fingerprint density at radius 2 is 2.14 bits per heavy atom. The molecule has 0 radical (unpaired) electrons. The van der Waals surface area contributed by atoms with Crippen molar-refractivity contribution in [2.75, 3.05) is 6.61 Å². The number of hydrogen-bond acceptors (Lipinski definition) is 3. The lowest BCUT2D eigenvalue weighted by molar-refractivity contribution is 0.0309. The number of para-hydroxylation sites is 1. The van der Waals surface area contributed by atoms with Crippen LogP contribution in [0.2, 0.25) is 0 Å². The molecule has 1 aliphatic heterocycles. The number of fused-ring (bicyclic) bond motifs is 1. The van der Waals surface area contributed by atoms with Crippen molar-refractivity contribution >= 4 is 0 Å². The highest BCUT2D eigenvalue weighted by atomic mass is 19.1. The van der Waals surface area contributed by atoms with Crippen molar-refractivity contribution in [3.8, 4) is 5.75 Å². The fraction of sp³-hybridized carbons (Fsp3) is 0.353. The lowest BCUT2D eigenvalue weighted by Gasteiger charge is -2.32. The third-order valence-electron chi connectivity index (χ3n) is 4.01. The predicted molar refractivity (Wildman–Crippen MR) is 77.7 cm³/mol. The maximum atomic E-state index is 13.0. The van der Waals surface area contributed by atoms with Crippen LogP contribution in [0.5, 0.6) is 5.75 Å². The number of pyridine rings is 1. The maximum Gasteiger partial charge on any atom is 0.141 e. The lowest BCUT2D eigenvalue weighted by Crippen LogP contribution is -2.28. The minimum atomic E-state index is -1.09. The number of aromatic nitrogens is 1. The molecule has 1 N–H and O–H groups in total. The number of aliphatic hydroxyl groups is 1. The van der Waals surface area contributed by atoms with Gasteiger partial charge in [-0.15, -0.1) is 0 Å². The number of ether oxygens (including phenoxy) is 1. The zero-order valence-corrected chi connectivity index (χ0v) is 11.9. The van der Waals surface area contributed by atoms with E-state index in [1.165, 1.54) is 6.07 Å². The fourth-order valence-corrected chi connectivity index (χ4v) is 2.91. The first-order valence-corrected chi connectivity index (χ1v) is 7.12. The molecule has 2 aromatic rings. The van der Waals surface area contributed by atoms with Gasteiger partial charge in [0, 0.05) is 0 Å². The average molecular weight is 287 g/mol. The summed E-state index contributed by atoms with van der Waals surface area (Å²) in [5.74, 6) is 0.694. The third-order valence-corrected chi connectivity index (χ3v) is 4.01. The molecular formula is C17H18FNO2. The monoisotopic (exact) mass is 287 g/mol. The SMILES string of the molecule is CC(O)(CC1CCOc2ccccc21)c1ccc(F)cn1. The Hall–Kier alpha value is -1.94. The van der Waals surface area contributed by atoms with E-state index >= 15 is 0 Å². The second kappa shape index (κ2) is 5.45. The molecule has 2 heterocycles. The zero-order valence-electron chi connectivity index (χ0n) is 11.9. The van der Waals surface area contributed by atoms with Crippen molar-refractivity contribution in [2.24, 2.45) is 0 Å². The predicted octanol–water partition coefficient (Wildman–Crippen LogP) is 3.38. The molecule has 3 rings (SSSR count). The third kappa shape index (κ3) is 2.90. The molecule has 4 heteroatoms. The smallest absolute Gasteiger partial charge is 0.141 e. The average Bonchev–Trinajstić information content (AvgIpc) is 2.48. The maximum absolute atomic E-state index is 13.0. The Bertz CT molecular complexity index is 625. The van der Waals surface area contributed by atoms with Gasteiger partial charge >= 0.3 is 0 Å². The highest BCUT2D eigenvalue weighted by Crippen LogP contribution is 2.40. The van der Waals surface area contributed by atoms with Crippen LogP contribution in [0.1, 0.15) is 36.9 Å². The molecule has 21 heavy (non-hydrogen) atoms. The molecule has 0 bridgehead atoms. The van der Waals surface area contributed by atoms with Crippen LogP contribution >= 0.6 is 0 Å². The van der Waals surface area contributed by atoms with Gasteiger partial charge in [0.25, 0.3) is 0 Å². The van der Waals surface area contributed by atoms with Gasteiger partial charge in [-0.1, -0.05) is 18.2 Å². The van der Waals surface area contributed by atoms with E-state index in [-0.39, 0.29) is 5.92 Å². The van der Waals surface area contributed by atoms with Gasteiger partial charge in [-0.05, 0) is 49.4 Å². The van der Waals surface area contributed by atoms with E-state index < -0.39 is 11.4 Å². The molecule has 2 atom stereocenters. The molecule has 1 aromatic heterocycles. The van der Waals surface area contributed by atoms with Crippen molar-refractivity contribution in [3.63, 3.8) is 0 Å². The van der Waals surface area contributed by atoms with E-state index in [1.807, 2.05) is 24.3 Å². The van der Waals surface area contributed by atoms with E-state index in [9.17, 15) is 9.50 Å². The zero-order chi connectivity index (χ0) is 14.9. The Labute approximate surface area is 123 Å². The molecule has 110 valence electrons. The van der Waals surface area contributed by atoms with Crippen LogP contribution in [-0.4, -0.2) is 16.7 Å². The van der Waals surface area contributed by atoms with Crippen molar-refractivity contribution in [2.45, 2.75) is 31.3 Å². The normalized spacial score (nSPS) is 20.2. The summed E-state index contributed by atoms with van der Waals surface area (Å²) in [7, 11) is 0. The summed E-state index contributed by atoms with van der Waals surface area (Å²) < 4.78 is 18.6. The molecule has 0 aliphatic carbocycles. The molecule has 1 aliphatic rings. The molecule has 1 aromatic carbocycles. The Balaban J connectivity index is 1.84. The highest BCUT2D eigenvalue weighted by Gasteiger charge is 2.32. The van der Waals surface area contributed by atoms with Gasteiger partial charge in [-0.3, -0.25) is 4.98 Å². The van der Waals surface area contributed by atoms with Crippen LogP contribution in [0.15, 0.2) is 42.6 Å². The number of hydrogen-bond donors (Lipinski definition) is 1. The van der Waals surface area contributed by atoms with Gasteiger partial charge in [0.1, 0.15) is 17.2 Å². The molecule has 0 saturated carbocycles. The van der Waals surface area contributed by atoms with Crippen LogP contribution in [-0.2, 0) is 5.60 Å². The van der Waals surface area contributed by atoms with Crippen LogP contribution in [0.4, 0.5) is 4.39 Å². The molecule has 3 nitrogen and oxygen atoms in total. The van der Waals surface area contributed by atoms with Gasteiger partial charge in [-0.25, -0.2) is 4.39 Å². The molecule has 0 fully saturated rings. The second-order valence-electron chi connectivity index (χ2n) is 5.71. The quantitative estimate of drug-likeness (QED) is 0.941. The Morgan fingerprint density at radius 1 is 1.33 bits per heavy atom. The highest BCUT2D eigenvalue weighted by molar-refractivity contribution is 5.38. The summed E-state index contributed by atoms with van der Waals surface area (Å²) in [4.78, 5) is 4.02. The number of benzene rings is 1. The van der Waals surface area contributed by atoms with E-state index in [1.54, 1.807) is 13.0 Å². The standard InChI is InChI=1S/C17H18FNO2/c1-17(20,16-7-6-13(18)11-19-16)10-12-8-9-21-15-5-3-2-4-14(12)15/h2-7,11-12,20H,8-10H2,1H3. The lowest BCUT2D eigenvalue weighted by atomic mass is 9.82. The minimum absolute atomic E-state index is 0.205. The Kier molecular flexibility index (Phi) is 3.64. The van der Waals surface area contributed by atoms with Crippen molar-refractivity contribution in [1.82, 2.24) is 4.98 Å². The van der Waals surface area contributed by atoms with Crippen LogP contribution in [0.25, 0.3) is 0 Å². The van der Waals surface area contributed by atoms with Crippen molar-refractivity contribution in [3.05, 3.63) is 59.7 Å². The van der Waals surface area contributed by atoms with Crippen LogP contribution < -0.4 is 4.74 Å². The summed E-state index contributed by atoms with van der Waals surface area (Å²) >= 11 is 0. The second-order valence-corrected chi connectivity index (χ2v) is 5.71. The van der Waals surface area contributed by atoms with Gasteiger partial charge in [0.05, 0.1) is 18.5 Å². The topological polar surface area (TPSA) is 42.4 Å². The van der Waals surface area contributed by atoms with Gasteiger partial charge in [-0.2, -0.15) is 0 Å². The van der Waals surface area contributed by atoms with Gasteiger partial charge in [0.15, 0.2) is 0 Å². The van der Waals surface area contributed by atoms with E-state index in [0.29, 0.717) is 18.7 Å². The first-order valence-electron chi connectivity index (χ1n) is 7.12. The summed E-state index contributed by atoms with van der Waals surface area (Å²) in [6.45, 7) is 2.37. The van der Waals surface area contributed by atoms with E-state index in [4.69, 9.17) is 4.74 Å². The van der Waals surface area contributed by atoms with Crippen molar-refractivity contribution < 1.29 is 14.2 Å². The minimum Gasteiger partial charge on any atom is -0.493 e. The molecule has 2 unspecified atom stereocenters. The van der Waals surface area contributed by atoms with Gasteiger partial charge < -0.3 is 9.84 Å². The molecular weight excluding hydrogens is 269 g/mol. The van der Waals surface area contributed by atoms with Crippen molar-refractivity contribution in [1.29, 1.82) is 0 Å².